The summed E-state index contributed by atoms with van der Waals surface area (Å²) in [5.41, 5.74) is 1.95. The van der Waals surface area contributed by atoms with Gasteiger partial charge >= 0.3 is 0 Å². The topological polar surface area (TPSA) is 66.9 Å². The van der Waals surface area contributed by atoms with Gasteiger partial charge in [0.1, 0.15) is 6.10 Å². The van der Waals surface area contributed by atoms with Gasteiger partial charge in [-0.3, -0.25) is 14.4 Å². The lowest BCUT2D eigenvalue weighted by Gasteiger charge is -2.37. The van der Waals surface area contributed by atoms with Crippen LogP contribution >= 0.6 is 0 Å². The number of amides is 1. The Bertz CT molecular complexity index is 763. The molecular weight excluding hydrogens is 332 g/mol. The lowest BCUT2D eigenvalue weighted by atomic mass is 10.1. The highest BCUT2D eigenvalue weighted by atomic mass is 16.5. The van der Waals surface area contributed by atoms with Crippen LogP contribution in [-0.2, 0) is 9.53 Å². The molecule has 0 spiro atoms. The molecule has 0 unspecified atom stereocenters. The predicted molar refractivity (Wildman–Crippen MR) is 94.9 cm³/mol. The number of ether oxygens (including phenoxy) is 1. The molecule has 1 aliphatic carbocycles. The van der Waals surface area contributed by atoms with Crippen LogP contribution in [0.15, 0.2) is 35.5 Å². The van der Waals surface area contributed by atoms with E-state index >= 15 is 0 Å². The molecule has 3 aliphatic rings. The Morgan fingerprint density at radius 1 is 1.00 bits per heavy atom. The number of fused-ring (bicyclic) bond motifs is 1. The normalized spacial score (nSPS) is 22.8. The van der Waals surface area contributed by atoms with Crippen LogP contribution in [0, 0.1) is 0 Å². The number of piperazine rings is 1. The molecule has 1 atom stereocenters. The number of Topliss-reactive ketones (excluding diaryl/α,β-unsaturated/α-hetero) is 2. The summed E-state index contributed by atoms with van der Waals surface area (Å²) in [4.78, 5) is 41.6. The number of benzene rings is 1. The minimum absolute atomic E-state index is 0.0629. The number of carbonyl (C=O) groups is 3. The lowest BCUT2D eigenvalue weighted by Crippen LogP contribution is -2.51. The van der Waals surface area contributed by atoms with Gasteiger partial charge in [-0.2, -0.15) is 0 Å². The van der Waals surface area contributed by atoms with Crippen molar-refractivity contribution in [3.8, 4) is 0 Å². The zero-order chi connectivity index (χ0) is 18.3. The van der Waals surface area contributed by atoms with Crippen LogP contribution in [0.5, 0.6) is 0 Å². The average molecular weight is 354 g/mol. The lowest BCUT2D eigenvalue weighted by molar-refractivity contribution is -0.142. The van der Waals surface area contributed by atoms with Crippen molar-refractivity contribution in [2.75, 3.05) is 32.8 Å². The molecule has 2 saturated heterocycles. The highest BCUT2D eigenvalue weighted by molar-refractivity contribution is 6.39. The van der Waals surface area contributed by atoms with E-state index in [0.29, 0.717) is 49.6 Å². The Hall–Kier alpha value is -2.47. The van der Waals surface area contributed by atoms with Gasteiger partial charge in [-0.25, -0.2) is 0 Å². The summed E-state index contributed by atoms with van der Waals surface area (Å²) < 4.78 is 5.48. The van der Waals surface area contributed by atoms with E-state index in [1.165, 1.54) is 0 Å². The molecule has 6 nitrogen and oxygen atoms in total. The first kappa shape index (κ1) is 17.0. The van der Waals surface area contributed by atoms with E-state index in [1.807, 2.05) is 16.7 Å². The Balaban J connectivity index is 1.48. The van der Waals surface area contributed by atoms with Crippen LogP contribution in [0.4, 0.5) is 0 Å². The maximum atomic E-state index is 12.7. The smallest absolute Gasteiger partial charge is 0.251 e. The molecule has 26 heavy (non-hydrogen) atoms. The molecule has 0 N–H and O–H groups in total. The van der Waals surface area contributed by atoms with Crippen molar-refractivity contribution < 1.29 is 19.1 Å². The zero-order valence-electron chi connectivity index (χ0n) is 14.9. The predicted octanol–water partition coefficient (Wildman–Crippen LogP) is 1.66. The third kappa shape index (κ3) is 2.74. The minimum Gasteiger partial charge on any atom is -0.371 e. The van der Waals surface area contributed by atoms with Crippen molar-refractivity contribution in [1.29, 1.82) is 0 Å². The standard InChI is InChI=1S/C20H22N2O4/c1-13(17-18(23)14-5-2-3-6-15(14)19(17)24)21-8-10-22(11-9-21)20(25)16-7-4-12-26-16/h2-3,5-6,16H,4,7-12H2,1H3/t16-/m0/s1. The maximum Gasteiger partial charge on any atom is 0.251 e. The molecule has 2 aliphatic heterocycles. The molecular formula is C20H22N2O4. The largest absolute Gasteiger partial charge is 0.371 e. The van der Waals surface area contributed by atoms with E-state index in [2.05, 4.69) is 0 Å². The highest BCUT2D eigenvalue weighted by Crippen LogP contribution is 2.29. The van der Waals surface area contributed by atoms with E-state index < -0.39 is 0 Å². The van der Waals surface area contributed by atoms with Crippen LogP contribution < -0.4 is 0 Å². The number of rotatable bonds is 2. The fourth-order valence-corrected chi connectivity index (χ4v) is 3.98. The van der Waals surface area contributed by atoms with Crippen molar-refractivity contribution >= 4 is 17.5 Å². The van der Waals surface area contributed by atoms with Gasteiger partial charge in [-0.1, -0.05) is 24.3 Å². The molecule has 1 aromatic carbocycles. The summed E-state index contributed by atoms with van der Waals surface area (Å²) >= 11 is 0. The van der Waals surface area contributed by atoms with E-state index in [9.17, 15) is 14.4 Å². The second kappa shape index (κ2) is 6.68. The third-order valence-electron chi connectivity index (χ3n) is 5.50. The molecule has 0 bridgehead atoms. The quantitative estimate of drug-likeness (QED) is 0.597. The zero-order valence-corrected chi connectivity index (χ0v) is 14.9. The summed E-state index contributed by atoms with van der Waals surface area (Å²) in [5.74, 6) is -0.324. The Kier molecular flexibility index (Phi) is 4.36. The molecule has 2 fully saturated rings. The molecule has 136 valence electrons. The molecule has 0 radical (unpaired) electrons. The SMILES string of the molecule is CC(=C1C(=O)c2ccccc2C1=O)N1CCN(C(=O)[C@@H]2CCCO2)CC1. The van der Waals surface area contributed by atoms with Crippen molar-refractivity contribution in [3.63, 3.8) is 0 Å². The Morgan fingerprint density at radius 2 is 1.58 bits per heavy atom. The third-order valence-corrected chi connectivity index (χ3v) is 5.50. The summed E-state index contributed by atoms with van der Waals surface area (Å²) in [6, 6.07) is 6.96. The van der Waals surface area contributed by atoms with E-state index in [4.69, 9.17) is 4.74 Å². The molecule has 4 rings (SSSR count). The van der Waals surface area contributed by atoms with Gasteiger partial charge in [0.15, 0.2) is 11.6 Å². The Labute approximate surface area is 152 Å². The number of carbonyl (C=O) groups excluding carboxylic acids is 3. The summed E-state index contributed by atoms with van der Waals surface area (Å²) in [7, 11) is 0. The van der Waals surface area contributed by atoms with Gasteiger partial charge in [0.2, 0.25) is 0 Å². The van der Waals surface area contributed by atoms with Gasteiger partial charge in [0.25, 0.3) is 5.91 Å². The second-order valence-corrected chi connectivity index (χ2v) is 6.98. The van der Waals surface area contributed by atoms with Gasteiger partial charge in [-0.15, -0.1) is 0 Å². The number of allylic oxidation sites excluding steroid dienone is 2. The van der Waals surface area contributed by atoms with E-state index in [0.717, 1.165) is 12.8 Å². The maximum absolute atomic E-state index is 12.7. The van der Waals surface area contributed by atoms with E-state index in [-0.39, 0.29) is 29.2 Å². The average Bonchev–Trinajstić information content (AvgIpc) is 3.29. The molecule has 0 aromatic heterocycles. The van der Waals surface area contributed by atoms with Crippen LogP contribution in [-0.4, -0.2) is 66.2 Å². The summed E-state index contributed by atoms with van der Waals surface area (Å²) in [5, 5.41) is 0. The summed E-state index contributed by atoms with van der Waals surface area (Å²) in [6.07, 6.45) is 1.43. The first-order valence-corrected chi connectivity index (χ1v) is 9.12. The molecule has 2 heterocycles. The first-order valence-electron chi connectivity index (χ1n) is 9.12. The minimum atomic E-state index is -0.298. The number of hydrogen-bond donors (Lipinski definition) is 0. The van der Waals surface area contributed by atoms with Crippen LogP contribution in [0.3, 0.4) is 0 Å². The van der Waals surface area contributed by atoms with Crippen molar-refractivity contribution in [2.45, 2.75) is 25.9 Å². The Morgan fingerprint density at radius 3 is 2.12 bits per heavy atom. The van der Waals surface area contributed by atoms with Crippen molar-refractivity contribution in [2.24, 2.45) is 0 Å². The fraction of sp³-hybridized carbons (Fsp3) is 0.450. The summed E-state index contributed by atoms with van der Waals surface area (Å²) in [6.45, 7) is 4.88. The molecule has 6 heteroatoms. The van der Waals surface area contributed by atoms with E-state index in [1.54, 1.807) is 24.3 Å². The molecule has 1 aromatic rings. The van der Waals surface area contributed by atoms with Gasteiger partial charge in [-0.05, 0) is 19.8 Å². The van der Waals surface area contributed by atoms with Crippen LogP contribution in [0.2, 0.25) is 0 Å². The van der Waals surface area contributed by atoms with Gasteiger partial charge < -0.3 is 14.5 Å². The number of hydrogen-bond acceptors (Lipinski definition) is 5. The van der Waals surface area contributed by atoms with Crippen LogP contribution in [0.25, 0.3) is 0 Å². The van der Waals surface area contributed by atoms with Gasteiger partial charge in [0, 0.05) is 49.6 Å². The van der Waals surface area contributed by atoms with Crippen LogP contribution in [0.1, 0.15) is 40.5 Å². The fourth-order valence-electron chi connectivity index (χ4n) is 3.98. The second-order valence-electron chi connectivity index (χ2n) is 6.98. The number of ketones is 2. The monoisotopic (exact) mass is 354 g/mol. The van der Waals surface area contributed by atoms with Gasteiger partial charge in [0.05, 0.1) is 5.57 Å². The van der Waals surface area contributed by atoms with Crippen molar-refractivity contribution in [1.82, 2.24) is 9.80 Å². The number of nitrogens with zero attached hydrogens (tertiary/aromatic N) is 2. The highest BCUT2D eigenvalue weighted by Gasteiger charge is 2.36. The first-order chi connectivity index (χ1) is 12.6. The molecule has 1 amide bonds. The molecule has 0 saturated carbocycles. The van der Waals surface area contributed by atoms with Crippen molar-refractivity contribution in [3.05, 3.63) is 46.7 Å².